The van der Waals surface area contributed by atoms with E-state index >= 15 is 0 Å². The molecule has 19 heavy (non-hydrogen) atoms. The van der Waals surface area contributed by atoms with Gasteiger partial charge in [-0.1, -0.05) is 6.07 Å². The highest BCUT2D eigenvalue weighted by molar-refractivity contribution is 5.93. The van der Waals surface area contributed by atoms with Crippen LogP contribution in [0.1, 0.15) is 29.9 Å². The molecule has 0 saturated heterocycles. The van der Waals surface area contributed by atoms with Crippen LogP contribution < -0.4 is 9.47 Å². The van der Waals surface area contributed by atoms with Crippen LogP contribution >= 0.6 is 0 Å². The van der Waals surface area contributed by atoms with Crippen molar-refractivity contribution in [3.8, 4) is 17.6 Å². The van der Waals surface area contributed by atoms with Gasteiger partial charge in [0.25, 0.3) is 0 Å². The molecule has 1 aliphatic carbocycles. The normalized spacial score (nSPS) is 14.2. The average molecular weight is 253 g/mol. The quantitative estimate of drug-likeness (QED) is 0.839. The van der Waals surface area contributed by atoms with E-state index in [2.05, 4.69) is 12.1 Å². The number of benzene rings is 2. The fourth-order valence-corrected chi connectivity index (χ4v) is 2.55. The van der Waals surface area contributed by atoms with Gasteiger partial charge in [0.1, 0.15) is 0 Å². The van der Waals surface area contributed by atoms with Crippen LogP contribution in [0.5, 0.6) is 11.5 Å². The third-order valence-electron chi connectivity index (χ3n) is 3.63. The molecule has 0 N–H and O–H groups in total. The van der Waals surface area contributed by atoms with Crippen LogP contribution in [0.25, 0.3) is 10.8 Å². The van der Waals surface area contributed by atoms with Crippen molar-refractivity contribution < 1.29 is 9.47 Å². The fourth-order valence-electron chi connectivity index (χ4n) is 2.55. The van der Waals surface area contributed by atoms with Crippen molar-refractivity contribution in [3.63, 3.8) is 0 Å². The first-order valence-electron chi connectivity index (χ1n) is 6.37. The van der Waals surface area contributed by atoms with Crippen LogP contribution in [0.2, 0.25) is 0 Å². The minimum Gasteiger partial charge on any atom is -0.493 e. The first-order chi connectivity index (χ1) is 9.28. The number of nitrogens with zero attached hydrogens (tertiary/aromatic N) is 1. The molecule has 0 spiro atoms. The van der Waals surface area contributed by atoms with Crippen molar-refractivity contribution in [3.05, 3.63) is 35.4 Å². The van der Waals surface area contributed by atoms with E-state index in [1.165, 1.54) is 18.4 Å². The summed E-state index contributed by atoms with van der Waals surface area (Å²) < 4.78 is 11.1. The number of nitriles is 1. The zero-order valence-electron chi connectivity index (χ0n) is 11.1. The SMILES string of the molecule is COc1c(C2CC2)cc2ccc(C#N)cc2c1OC. The Balaban J connectivity index is 2.33. The molecule has 96 valence electrons. The Kier molecular flexibility index (Phi) is 2.79. The van der Waals surface area contributed by atoms with Gasteiger partial charge in [-0.05, 0) is 42.3 Å². The van der Waals surface area contributed by atoms with E-state index in [0.717, 1.165) is 22.3 Å². The molecule has 2 aromatic carbocycles. The second-order valence-electron chi connectivity index (χ2n) is 4.85. The summed E-state index contributed by atoms with van der Waals surface area (Å²) in [6.07, 6.45) is 2.42. The van der Waals surface area contributed by atoms with Crippen molar-refractivity contribution in [1.29, 1.82) is 5.26 Å². The number of hydrogen-bond acceptors (Lipinski definition) is 3. The molecule has 0 unspecified atom stereocenters. The van der Waals surface area contributed by atoms with Crippen molar-refractivity contribution in [1.82, 2.24) is 0 Å². The Morgan fingerprint density at radius 2 is 1.84 bits per heavy atom. The number of ether oxygens (including phenoxy) is 2. The molecule has 0 atom stereocenters. The van der Waals surface area contributed by atoms with Gasteiger partial charge in [0.15, 0.2) is 11.5 Å². The standard InChI is InChI=1S/C16H15NO2/c1-18-15-13-7-10(9-17)3-4-12(13)8-14(11-5-6-11)16(15)19-2/h3-4,7-8,11H,5-6H2,1-2H3. The molecule has 0 aliphatic heterocycles. The maximum atomic E-state index is 9.02. The van der Waals surface area contributed by atoms with E-state index in [4.69, 9.17) is 14.7 Å². The predicted molar refractivity (Wildman–Crippen MR) is 73.7 cm³/mol. The van der Waals surface area contributed by atoms with E-state index in [1.807, 2.05) is 18.2 Å². The van der Waals surface area contributed by atoms with Crippen LogP contribution in [-0.4, -0.2) is 14.2 Å². The number of fused-ring (bicyclic) bond motifs is 1. The highest BCUT2D eigenvalue weighted by atomic mass is 16.5. The van der Waals surface area contributed by atoms with Crippen LogP contribution in [0, 0.1) is 11.3 Å². The summed E-state index contributed by atoms with van der Waals surface area (Å²) >= 11 is 0. The van der Waals surface area contributed by atoms with Gasteiger partial charge in [-0.15, -0.1) is 0 Å². The van der Waals surface area contributed by atoms with Gasteiger partial charge in [-0.25, -0.2) is 0 Å². The van der Waals surface area contributed by atoms with Gasteiger partial charge in [-0.2, -0.15) is 5.26 Å². The summed E-state index contributed by atoms with van der Waals surface area (Å²) in [5, 5.41) is 11.0. The lowest BCUT2D eigenvalue weighted by atomic mass is 10.00. The van der Waals surface area contributed by atoms with Crippen LogP contribution in [0.3, 0.4) is 0 Å². The van der Waals surface area contributed by atoms with E-state index in [0.29, 0.717) is 11.5 Å². The van der Waals surface area contributed by atoms with Crippen molar-refractivity contribution in [2.24, 2.45) is 0 Å². The molecular formula is C16H15NO2. The summed E-state index contributed by atoms with van der Waals surface area (Å²) in [5.41, 5.74) is 1.85. The molecule has 0 aromatic heterocycles. The molecule has 3 rings (SSSR count). The van der Waals surface area contributed by atoms with Crippen molar-refractivity contribution in [2.75, 3.05) is 14.2 Å². The molecule has 1 fully saturated rings. The Bertz CT molecular complexity index is 681. The zero-order chi connectivity index (χ0) is 13.4. The van der Waals surface area contributed by atoms with Gasteiger partial charge in [0.05, 0.1) is 25.9 Å². The topological polar surface area (TPSA) is 42.2 Å². The minimum absolute atomic E-state index is 0.587. The summed E-state index contributed by atoms with van der Waals surface area (Å²) in [4.78, 5) is 0. The number of rotatable bonds is 3. The minimum atomic E-state index is 0.587. The molecule has 0 radical (unpaired) electrons. The molecule has 2 aromatic rings. The number of hydrogen-bond donors (Lipinski definition) is 0. The largest absolute Gasteiger partial charge is 0.493 e. The lowest BCUT2D eigenvalue weighted by Crippen LogP contribution is -1.96. The summed E-state index contributed by atoms with van der Waals surface area (Å²) in [5.74, 6) is 2.13. The third kappa shape index (κ3) is 1.90. The highest BCUT2D eigenvalue weighted by Gasteiger charge is 2.29. The fraction of sp³-hybridized carbons (Fsp3) is 0.312. The third-order valence-corrected chi connectivity index (χ3v) is 3.63. The first kappa shape index (κ1) is 11.9. The molecule has 0 amide bonds. The summed E-state index contributed by atoms with van der Waals surface area (Å²) in [7, 11) is 3.32. The predicted octanol–water partition coefficient (Wildman–Crippen LogP) is 3.61. The summed E-state index contributed by atoms with van der Waals surface area (Å²) in [6, 6.07) is 9.99. The van der Waals surface area contributed by atoms with Gasteiger partial charge >= 0.3 is 0 Å². The number of methoxy groups -OCH3 is 2. The molecule has 1 aliphatic rings. The van der Waals surface area contributed by atoms with Gasteiger partial charge < -0.3 is 9.47 Å². The first-order valence-corrected chi connectivity index (χ1v) is 6.37. The van der Waals surface area contributed by atoms with Crippen LogP contribution in [-0.2, 0) is 0 Å². The molecular weight excluding hydrogens is 238 g/mol. The van der Waals surface area contributed by atoms with E-state index < -0.39 is 0 Å². The molecule has 0 heterocycles. The Labute approximate surface area is 112 Å². The molecule has 3 heteroatoms. The van der Waals surface area contributed by atoms with Crippen LogP contribution in [0.15, 0.2) is 24.3 Å². The maximum absolute atomic E-state index is 9.02. The maximum Gasteiger partial charge on any atom is 0.168 e. The van der Waals surface area contributed by atoms with Gasteiger partial charge in [0, 0.05) is 10.9 Å². The lowest BCUT2D eigenvalue weighted by Gasteiger charge is -2.15. The van der Waals surface area contributed by atoms with E-state index in [9.17, 15) is 0 Å². The Morgan fingerprint density at radius 3 is 2.42 bits per heavy atom. The molecule has 1 saturated carbocycles. The monoisotopic (exact) mass is 253 g/mol. The van der Waals surface area contributed by atoms with Crippen LogP contribution in [0.4, 0.5) is 0 Å². The van der Waals surface area contributed by atoms with E-state index in [1.54, 1.807) is 14.2 Å². The smallest absolute Gasteiger partial charge is 0.168 e. The second-order valence-corrected chi connectivity index (χ2v) is 4.85. The summed E-state index contributed by atoms with van der Waals surface area (Å²) in [6.45, 7) is 0. The Hall–Kier alpha value is -2.21. The van der Waals surface area contributed by atoms with Crippen molar-refractivity contribution in [2.45, 2.75) is 18.8 Å². The Morgan fingerprint density at radius 1 is 1.11 bits per heavy atom. The van der Waals surface area contributed by atoms with Gasteiger partial charge in [0.2, 0.25) is 0 Å². The van der Waals surface area contributed by atoms with Crippen molar-refractivity contribution >= 4 is 10.8 Å². The second kappa shape index (κ2) is 4.47. The van der Waals surface area contributed by atoms with Gasteiger partial charge in [-0.3, -0.25) is 0 Å². The zero-order valence-corrected chi connectivity index (χ0v) is 11.1. The molecule has 0 bridgehead atoms. The molecule has 3 nitrogen and oxygen atoms in total. The average Bonchev–Trinajstić information content (AvgIpc) is 3.28. The highest BCUT2D eigenvalue weighted by Crippen LogP contribution is 2.50. The lowest BCUT2D eigenvalue weighted by molar-refractivity contribution is 0.355. The van der Waals surface area contributed by atoms with E-state index in [-0.39, 0.29) is 0 Å².